The molecule has 0 aromatic carbocycles. The van der Waals surface area contributed by atoms with Crippen LogP contribution in [-0.2, 0) is 6.54 Å². The zero-order valence-corrected chi connectivity index (χ0v) is 12.8. The van der Waals surface area contributed by atoms with Crippen molar-refractivity contribution in [2.24, 2.45) is 5.73 Å². The van der Waals surface area contributed by atoms with Crippen molar-refractivity contribution in [1.29, 1.82) is 0 Å². The van der Waals surface area contributed by atoms with Crippen LogP contribution < -0.4 is 5.73 Å². The summed E-state index contributed by atoms with van der Waals surface area (Å²) in [5.41, 5.74) is 9.24. The monoisotopic (exact) mass is 306 g/mol. The first-order valence-corrected chi connectivity index (χ1v) is 7.18. The number of amides is 1. The third-order valence-electron chi connectivity index (χ3n) is 2.84. The summed E-state index contributed by atoms with van der Waals surface area (Å²) in [5.74, 6) is -0.146. The van der Waals surface area contributed by atoms with Gasteiger partial charge in [-0.15, -0.1) is 11.3 Å². The van der Waals surface area contributed by atoms with E-state index in [1.807, 2.05) is 6.92 Å². The number of pyridine rings is 1. The van der Waals surface area contributed by atoms with Crippen LogP contribution in [0.15, 0.2) is 23.8 Å². The first kappa shape index (κ1) is 14.5. The number of nitrogens with two attached hydrogens (primary N) is 1. The molecule has 0 atom stereocenters. The predicted octanol–water partition coefficient (Wildman–Crippen LogP) is 1.75. The molecular formula is C13H14N4OS2. The molecule has 20 heavy (non-hydrogen) atoms. The summed E-state index contributed by atoms with van der Waals surface area (Å²) in [4.78, 5) is 23.5. The van der Waals surface area contributed by atoms with Gasteiger partial charge in [-0.3, -0.25) is 9.78 Å². The first-order chi connectivity index (χ1) is 9.49. The Balaban J connectivity index is 2.10. The van der Waals surface area contributed by atoms with Gasteiger partial charge in [0.25, 0.3) is 5.91 Å². The SMILES string of the molecule is Cc1ncsc1CN(C)C(=O)c1ccc(C(N)=S)cn1. The molecule has 0 radical (unpaired) electrons. The maximum absolute atomic E-state index is 12.2. The highest BCUT2D eigenvalue weighted by Crippen LogP contribution is 2.15. The van der Waals surface area contributed by atoms with Gasteiger partial charge in [-0.05, 0) is 19.1 Å². The van der Waals surface area contributed by atoms with Crippen LogP contribution in [0.5, 0.6) is 0 Å². The van der Waals surface area contributed by atoms with Gasteiger partial charge in [-0.2, -0.15) is 0 Å². The van der Waals surface area contributed by atoms with E-state index in [-0.39, 0.29) is 10.9 Å². The molecule has 5 nitrogen and oxygen atoms in total. The second-order valence-corrected chi connectivity index (χ2v) is 5.70. The van der Waals surface area contributed by atoms with Crippen molar-refractivity contribution in [2.75, 3.05) is 7.05 Å². The smallest absolute Gasteiger partial charge is 0.272 e. The van der Waals surface area contributed by atoms with Gasteiger partial charge in [-0.1, -0.05) is 12.2 Å². The molecule has 0 aliphatic carbocycles. The number of hydrogen-bond acceptors (Lipinski definition) is 5. The lowest BCUT2D eigenvalue weighted by Crippen LogP contribution is -2.27. The Hall–Kier alpha value is -1.86. The van der Waals surface area contributed by atoms with Crippen LogP contribution in [0.4, 0.5) is 0 Å². The van der Waals surface area contributed by atoms with E-state index >= 15 is 0 Å². The second kappa shape index (κ2) is 6.06. The van der Waals surface area contributed by atoms with Gasteiger partial charge < -0.3 is 10.6 Å². The molecule has 2 aromatic rings. The summed E-state index contributed by atoms with van der Waals surface area (Å²) in [6, 6.07) is 3.33. The van der Waals surface area contributed by atoms with Gasteiger partial charge >= 0.3 is 0 Å². The standard InChI is InChI=1S/C13H14N4OS2/c1-8-11(20-7-16-8)6-17(2)13(18)10-4-3-9(5-15-10)12(14)19/h3-5,7H,6H2,1-2H3,(H2,14,19). The van der Waals surface area contributed by atoms with Crippen LogP contribution in [0.1, 0.15) is 26.6 Å². The quantitative estimate of drug-likeness (QED) is 0.871. The largest absolute Gasteiger partial charge is 0.389 e. The molecule has 2 rings (SSSR count). The molecule has 0 aliphatic rings. The Kier molecular flexibility index (Phi) is 4.41. The number of thiazole rings is 1. The van der Waals surface area contributed by atoms with E-state index in [4.69, 9.17) is 18.0 Å². The summed E-state index contributed by atoms with van der Waals surface area (Å²) in [7, 11) is 1.74. The van der Waals surface area contributed by atoms with Crippen molar-refractivity contribution in [1.82, 2.24) is 14.9 Å². The molecule has 0 saturated heterocycles. The van der Waals surface area contributed by atoms with Crippen LogP contribution in [0, 0.1) is 6.92 Å². The lowest BCUT2D eigenvalue weighted by Gasteiger charge is -2.16. The maximum Gasteiger partial charge on any atom is 0.272 e. The Morgan fingerprint density at radius 1 is 1.45 bits per heavy atom. The zero-order chi connectivity index (χ0) is 14.7. The van der Waals surface area contributed by atoms with Crippen molar-refractivity contribution in [3.05, 3.63) is 45.7 Å². The fraction of sp³-hybridized carbons (Fsp3) is 0.231. The number of aromatic nitrogens is 2. The van der Waals surface area contributed by atoms with Crippen LogP contribution in [0.25, 0.3) is 0 Å². The van der Waals surface area contributed by atoms with Crippen molar-refractivity contribution in [3.63, 3.8) is 0 Å². The molecule has 2 N–H and O–H groups in total. The van der Waals surface area contributed by atoms with E-state index in [1.54, 1.807) is 29.6 Å². The number of rotatable bonds is 4. The summed E-state index contributed by atoms with van der Waals surface area (Å²) in [6.45, 7) is 2.45. The van der Waals surface area contributed by atoms with Crippen molar-refractivity contribution in [2.45, 2.75) is 13.5 Å². The molecule has 0 spiro atoms. The summed E-state index contributed by atoms with van der Waals surface area (Å²) < 4.78 is 0. The number of hydrogen-bond donors (Lipinski definition) is 1. The highest BCUT2D eigenvalue weighted by atomic mass is 32.1. The molecule has 0 aliphatic heterocycles. The van der Waals surface area contributed by atoms with E-state index in [1.165, 1.54) is 17.5 Å². The minimum absolute atomic E-state index is 0.146. The summed E-state index contributed by atoms with van der Waals surface area (Å²) in [5, 5.41) is 0. The molecule has 104 valence electrons. The first-order valence-electron chi connectivity index (χ1n) is 5.89. The van der Waals surface area contributed by atoms with E-state index < -0.39 is 0 Å². The molecule has 7 heteroatoms. The topological polar surface area (TPSA) is 72.1 Å². The molecule has 2 heterocycles. The molecule has 0 saturated carbocycles. The van der Waals surface area contributed by atoms with Gasteiger partial charge in [0, 0.05) is 23.7 Å². The predicted molar refractivity (Wildman–Crippen MR) is 82.8 cm³/mol. The fourth-order valence-electron chi connectivity index (χ4n) is 1.63. The molecule has 0 fully saturated rings. The number of thiocarbonyl (C=S) groups is 1. The van der Waals surface area contributed by atoms with E-state index in [9.17, 15) is 4.79 Å². The normalized spacial score (nSPS) is 10.3. The Morgan fingerprint density at radius 3 is 2.70 bits per heavy atom. The molecular weight excluding hydrogens is 292 g/mol. The van der Waals surface area contributed by atoms with Crippen LogP contribution in [0.2, 0.25) is 0 Å². The second-order valence-electron chi connectivity index (χ2n) is 4.32. The van der Waals surface area contributed by atoms with Crippen molar-refractivity contribution >= 4 is 34.5 Å². The minimum Gasteiger partial charge on any atom is -0.389 e. The highest BCUT2D eigenvalue weighted by Gasteiger charge is 2.15. The lowest BCUT2D eigenvalue weighted by atomic mass is 10.2. The van der Waals surface area contributed by atoms with Crippen LogP contribution >= 0.6 is 23.6 Å². The Morgan fingerprint density at radius 2 is 2.20 bits per heavy atom. The molecule has 1 amide bonds. The van der Waals surface area contributed by atoms with Crippen molar-refractivity contribution in [3.8, 4) is 0 Å². The lowest BCUT2D eigenvalue weighted by molar-refractivity contribution is 0.0780. The van der Waals surface area contributed by atoms with Gasteiger partial charge in [0.15, 0.2) is 0 Å². The summed E-state index contributed by atoms with van der Waals surface area (Å²) in [6.07, 6.45) is 1.52. The Bertz CT molecular complexity index is 636. The van der Waals surface area contributed by atoms with Gasteiger partial charge in [0.05, 0.1) is 17.7 Å². The average molecular weight is 306 g/mol. The third-order valence-corrected chi connectivity index (χ3v) is 3.99. The van der Waals surface area contributed by atoms with Crippen LogP contribution in [0.3, 0.4) is 0 Å². The molecule has 0 bridgehead atoms. The molecule has 2 aromatic heterocycles. The summed E-state index contributed by atoms with van der Waals surface area (Å²) >= 11 is 6.39. The number of nitrogens with zero attached hydrogens (tertiary/aromatic N) is 3. The number of carbonyl (C=O) groups excluding carboxylic acids is 1. The number of carbonyl (C=O) groups is 1. The number of aryl methyl sites for hydroxylation is 1. The minimum atomic E-state index is -0.146. The maximum atomic E-state index is 12.2. The van der Waals surface area contributed by atoms with Gasteiger partial charge in [-0.25, -0.2) is 4.98 Å². The van der Waals surface area contributed by atoms with E-state index in [2.05, 4.69) is 9.97 Å². The highest BCUT2D eigenvalue weighted by molar-refractivity contribution is 7.80. The zero-order valence-electron chi connectivity index (χ0n) is 11.2. The van der Waals surface area contributed by atoms with E-state index in [0.29, 0.717) is 17.8 Å². The fourth-order valence-corrected chi connectivity index (χ4v) is 2.58. The van der Waals surface area contributed by atoms with Gasteiger partial charge in [0.2, 0.25) is 0 Å². The van der Waals surface area contributed by atoms with Gasteiger partial charge in [0.1, 0.15) is 10.7 Å². The van der Waals surface area contributed by atoms with Crippen LogP contribution in [-0.4, -0.2) is 32.8 Å². The Labute approximate surface area is 126 Å². The average Bonchev–Trinajstić information content (AvgIpc) is 2.83. The third kappa shape index (κ3) is 3.17. The van der Waals surface area contributed by atoms with Crippen molar-refractivity contribution < 1.29 is 4.79 Å². The molecule has 0 unspecified atom stereocenters. The van der Waals surface area contributed by atoms with E-state index in [0.717, 1.165) is 10.6 Å².